The van der Waals surface area contributed by atoms with Gasteiger partial charge in [-0.05, 0) is 37.6 Å². The predicted octanol–water partition coefficient (Wildman–Crippen LogP) is 0.689. The molecule has 0 unspecified atom stereocenters. The van der Waals surface area contributed by atoms with E-state index in [1.54, 1.807) is 18.2 Å². The first-order chi connectivity index (χ1) is 8.66. The number of rotatable bonds is 3. The topological polar surface area (TPSA) is 84.2 Å². The molecule has 6 heteroatoms. The molecule has 1 heterocycles. The molecule has 0 aliphatic carbocycles. The largest absolute Gasteiger partial charge is 0.366 e. The molecule has 0 aromatic heterocycles. The molecule has 19 heavy (non-hydrogen) atoms. The molecule has 0 bridgehead atoms. The summed E-state index contributed by atoms with van der Waals surface area (Å²) in [6.07, 6.45) is 2.04. The molecule has 5 nitrogen and oxygen atoms in total. The second-order valence-electron chi connectivity index (χ2n) is 4.46. The summed E-state index contributed by atoms with van der Waals surface area (Å²) in [4.78, 5) is 23.0. The van der Waals surface area contributed by atoms with Crippen molar-refractivity contribution in [1.29, 1.82) is 0 Å². The van der Waals surface area contributed by atoms with Crippen LogP contribution >= 0.6 is 12.4 Å². The number of nitrogens with one attached hydrogen (secondary N) is 2. The summed E-state index contributed by atoms with van der Waals surface area (Å²) in [5, 5.41) is 6.18. The van der Waals surface area contributed by atoms with Gasteiger partial charge in [0.15, 0.2) is 0 Å². The van der Waals surface area contributed by atoms with Crippen molar-refractivity contribution in [3.8, 4) is 0 Å². The Balaban J connectivity index is 0.00000180. The van der Waals surface area contributed by atoms with Crippen LogP contribution in [0.5, 0.6) is 0 Å². The van der Waals surface area contributed by atoms with E-state index in [9.17, 15) is 9.59 Å². The molecule has 104 valence electrons. The molecule has 1 atom stereocenters. The van der Waals surface area contributed by atoms with Gasteiger partial charge in [0.2, 0.25) is 5.91 Å². The van der Waals surface area contributed by atoms with Crippen molar-refractivity contribution in [3.63, 3.8) is 0 Å². The summed E-state index contributed by atoms with van der Waals surface area (Å²) >= 11 is 0. The first-order valence-corrected chi connectivity index (χ1v) is 6.08. The lowest BCUT2D eigenvalue weighted by Crippen LogP contribution is -2.45. The van der Waals surface area contributed by atoms with Crippen LogP contribution in [0, 0.1) is 0 Å². The smallest absolute Gasteiger partial charge is 0.251 e. The molecule has 1 aromatic rings. The van der Waals surface area contributed by atoms with Gasteiger partial charge in [-0.2, -0.15) is 0 Å². The first kappa shape index (κ1) is 15.5. The van der Waals surface area contributed by atoms with Crippen LogP contribution in [0.25, 0.3) is 0 Å². The molecule has 2 rings (SSSR count). The fourth-order valence-electron chi connectivity index (χ4n) is 2.06. The Morgan fingerprint density at radius 1 is 1.32 bits per heavy atom. The molecule has 0 radical (unpaired) electrons. The van der Waals surface area contributed by atoms with Gasteiger partial charge in [0.1, 0.15) is 0 Å². The van der Waals surface area contributed by atoms with E-state index in [1.165, 1.54) is 6.07 Å². The van der Waals surface area contributed by atoms with Gasteiger partial charge >= 0.3 is 0 Å². The average molecular weight is 284 g/mol. The lowest BCUT2D eigenvalue weighted by atomic mass is 10.1. The monoisotopic (exact) mass is 283 g/mol. The van der Waals surface area contributed by atoms with Crippen LogP contribution in [0.4, 0.5) is 0 Å². The molecule has 0 spiro atoms. The minimum Gasteiger partial charge on any atom is -0.366 e. The summed E-state index contributed by atoms with van der Waals surface area (Å²) < 4.78 is 0. The molecular weight excluding hydrogens is 266 g/mol. The quantitative estimate of drug-likeness (QED) is 0.763. The van der Waals surface area contributed by atoms with E-state index in [0.717, 1.165) is 25.9 Å². The minimum absolute atomic E-state index is 0. The van der Waals surface area contributed by atoms with Gasteiger partial charge in [-0.3, -0.25) is 9.59 Å². The number of hydrogen-bond donors (Lipinski definition) is 3. The molecule has 4 N–H and O–H groups in total. The highest BCUT2D eigenvalue weighted by molar-refractivity contribution is 5.99. The summed E-state index contributed by atoms with van der Waals surface area (Å²) in [5.41, 5.74) is 6.01. The normalized spacial score (nSPS) is 18.2. The number of nitrogens with two attached hydrogens (primary N) is 1. The highest BCUT2D eigenvalue weighted by Gasteiger charge is 2.16. The number of carbonyl (C=O) groups is 2. The van der Waals surface area contributed by atoms with Crippen molar-refractivity contribution in [2.24, 2.45) is 5.73 Å². The number of hydrogen-bond acceptors (Lipinski definition) is 3. The number of amides is 2. The first-order valence-electron chi connectivity index (χ1n) is 6.08. The van der Waals surface area contributed by atoms with Crippen molar-refractivity contribution in [3.05, 3.63) is 35.4 Å². The third-order valence-corrected chi connectivity index (χ3v) is 3.04. The van der Waals surface area contributed by atoms with Gasteiger partial charge in [0.05, 0.1) is 0 Å². The zero-order valence-corrected chi connectivity index (χ0v) is 11.3. The molecule has 1 saturated heterocycles. The molecule has 1 aromatic carbocycles. The Hall–Kier alpha value is -1.59. The maximum absolute atomic E-state index is 12.0. The van der Waals surface area contributed by atoms with Crippen molar-refractivity contribution in [2.75, 3.05) is 13.1 Å². The summed E-state index contributed by atoms with van der Waals surface area (Å²) in [7, 11) is 0. The summed E-state index contributed by atoms with van der Waals surface area (Å²) in [6.45, 7) is 1.80. The minimum atomic E-state index is -0.524. The molecule has 0 saturated carbocycles. The van der Waals surface area contributed by atoms with Gasteiger partial charge in [-0.1, -0.05) is 6.07 Å². The number of carbonyl (C=O) groups excluding carboxylic acids is 2. The van der Waals surface area contributed by atoms with E-state index in [4.69, 9.17) is 5.73 Å². The number of halogens is 1. The third kappa shape index (κ3) is 4.22. The van der Waals surface area contributed by atoms with Crippen molar-refractivity contribution in [1.82, 2.24) is 10.6 Å². The van der Waals surface area contributed by atoms with Gasteiger partial charge < -0.3 is 16.4 Å². The Morgan fingerprint density at radius 3 is 2.68 bits per heavy atom. The second-order valence-corrected chi connectivity index (χ2v) is 4.46. The van der Waals surface area contributed by atoms with Gasteiger partial charge in [-0.15, -0.1) is 12.4 Å². The van der Waals surface area contributed by atoms with Crippen LogP contribution in [0.1, 0.15) is 33.6 Å². The highest BCUT2D eigenvalue weighted by atomic mass is 35.5. The fraction of sp³-hybridized carbons (Fsp3) is 0.385. The summed E-state index contributed by atoms with van der Waals surface area (Å²) in [6, 6.07) is 6.62. The zero-order chi connectivity index (χ0) is 13.0. The zero-order valence-electron chi connectivity index (χ0n) is 10.5. The Kier molecular flexibility index (Phi) is 5.79. The van der Waals surface area contributed by atoms with Crippen molar-refractivity contribution in [2.45, 2.75) is 18.9 Å². The molecule has 1 fully saturated rings. The Morgan fingerprint density at radius 2 is 2.05 bits per heavy atom. The molecule has 1 aliphatic rings. The number of benzene rings is 1. The lowest BCUT2D eigenvalue weighted by Gasteiger charge is -2.23. The number of primary amides is 1. The van der Waals surface area contributed by atoms with Crippen LogP contribution in [-0.2, 0) is 0 Å². The van der Waals surface area contributed by atoms with E-state index in [-0.39, 0.29) is 24.4 Å². The van der Waals surface area contributed by atoms with E-state index in [1.807, 2.05) is 0 Å². The van der Waals surface area contributed by atoms with Crippen molar-refractivity contribution < 1.29 is 9.59 Å². The Labute approximate surface area is 118 Å². The van der Waals surface area contributed by atoms with Crippen LogP contribution in [0.15, 0.2) is 24.3 Å². The van der Waals surface area contributed by atoms with Crippen LogP contribution in [-0.4, -0.2) is 30.9 Å². The maximum Gasteiger partial charge on any atom is 0.251 e. The van der Waals surface area contributed by atoms with E-state index >= 15 is 0 Å². The van der Waals surface area contributed by atoms with Crippen LogP contribution in [0.3, 0.4) is 0 Å². The van der Waals surface area contributed by atoms with E-state index in [0.29, 0.717) is 11.1 Å². The average Bonchev–Trinajstić information content (AvgIpc) is 2.40. The van der Waals surface area contributed by atoms with Gasteiger partial charge in [0.25, 0.3) is 5.91 Å². The standard InChI is InChI=1S/C13H17N3O2.ClH/c14-12(17)9-3-1-4-10(7-9)13(18)16-11-5-2-6-15-8-11;/h1,3-4,7,11,15H,2,5-6,8H2,(H2,14,17)(H,16,18);1H/t11-;/m1./s1. The molecule has 2 amide bonds. The van der Waals surface area contributed by atoms with Crippen molar-refractivity contribution >= 4 is 24.2 Å². The predicted molar refractivity (Wildman–Crippen MR) is 75.6 cm³/mol. The summed E-state index contributed by atoms with van der Waals surface area (Å²) in [5.74, 6) is -0.684. The van der Waals surface area contributed by atoms with Gasteiger partial charge in [-0.25, -0.2) is 0 Å². The van der Waals surface area contributed by atoms with E-state index < -0.39 is 5.91 Å². The van der Waals surface area contributed by atoms with E-state index in [2.05, 4.69) is 10.6 Å². The highest BCUT2D eigenvalue weighted by Crippen LogP contribution is 2.07. The molecule has 1 aliphatic heterocycles. The number of piperidine rings is 1. The lowest BCUT2D eigenvalue weighted by molar-refractivity contribution is 0.0930. The molecular formula is C13H18ClN3O2. The SMILES string of the molecule is Cl.NC(=O)c1cccc(C(=O)N[C@@H]2CCCNC2)c1. The van der Waals surface area contributed by atoms with Gasteiger partial charge in [0, 0.05) is 23.7 Å². The third-order valence-electron chi connectivity index (χ3n) is 3.04. The fourth-order valence-corrected chi connectivity index (χ4v) is 2.06. The van der Waals surface area contributed by atoms with Crippen LogP contribution < -0.4 is 16.4 Å². The Bertz CT molecular complexity index is 459. The van der Waals surface area contributed by atoms with Crippen LogP contribution in [0.2, 0.25) is 0 Å². The maximum atomic E-state index is 12.0. The second kappa shape index (κ2) is 7.11.